The highest BCUT2D eigenvalue weighted by Gasteiger charge is 2.46. The van der Waals surface area contributed by atoms with Gasteiger partial charge >= 0.3 is 5.97 Å². The predicted molar refractivity (Wildman–Crippen MR) is 82.1 cm³/mol. The van der Waals surface area contributed by atoms with E-state index in [1.54, 1.807) is 7.11 Å². The Labute approximate surface area is 132 Å². The van der Waals surface area contributed by atoms with Crippen LogP contribution in [-0.2, 0) is 10.2 Å². The first kappa shape index (κ1) is 14.7. The van der Waals surface area contributed by atoms with Gasteiger partial charge in [-0.15, -0.1) is 0 Å². The van der Waals surface area contributed by atoms with E-state index in [1.165, 1.54) is 12.8 Å². The normalized spacial score (nSPS) is 19.1. The molecule has 0 saturated heterocycles. The Bertz CT molecular complexity index is 562. The molecule has 0 amide bonds. The average molecular weight is 355 g/mol. The molecule has 5 heteroatoms. The molecule has 0 radical (unpaired) electrons. The van der Waals surface area contributed by atoms with Crippen molar-refractivity contribution in [2.24, 2.45) is 5.92 Å². The van der Waals surface area contributed by atoms with E-state index in [0.29, 0.717) is 18.3 Å². The fourth-order valence-electron chi connectivity index (χ4n) is 2.66. The molecule has 0 heterocycles. The number of carbonyl (C=O) groups is 1. The largest absolute Gasteiger partial charge is 0.493 e. The third-order valence-corrected chi connectivity index (χ3v) is 4.93. The van der Waals surface area contributed by atoms with Crippen molar-refractivity contribution in [3.63, 3.8) is 0 Å². The van der Waals surface area contributed by atoms with Gasteiger partial charge in [0.25, 0.3) is 0 Å². The molecule has 0 bridgehead atoms. The highest BCUT2D eigenvalue weighted by Crippen LogP contribution is 2.53. The highest BCUT2D eigenvalue weighted by molar-refractivity contribution is 9.10. The molecule has 2 aliphatic carbocycles. The van der Waals surface area contributed by atoms with E-state index in [1.807, 2.05) is 12.1 Å². The third kappa shape index (κ3) is 3.18. The minimum absolute atomic E-state index is 0.172. The summed E-state index contributed by atoms with van der Waals surface area (Å²) in [7, 11) is 1.62. The Hall–Kier alpha value is -1.23. The van der Waals surface area contributed by atoms with Crippen molar-refractivity contribution in [2.45, 2.75) is 37.5 Å². The van der Waals surface area contributed by atoms with Gasteiger partial charge in [-0.05, 0) is 65.2 Å². The number of ether oxygens (including phenoxy) is 2. The first-order valence-electron chi connectivity index (χ1n) is 7.27. The molecule has 2 fully saturated rings. The zero-order valence-electron chi connectivity index (χ0n) is 12.0. The first-order valence-corrected chi connectivity index (χ1v) is 8.06. The fourth-order valence-corrected chi connectivity index (χ4v) is 3.22. The molecule has 1 aromatic rings. The second kappa shape index (κ2) is 5.52. The Morgan fingerprint density at radius 2 is 2.14 bits per heavy atom. The SMILES string of the molecule is COc1cc(C2(CC(=O)O)CC2)cc(Br)c1OCC1CC1. The first-order chi connectivity index (χ1) is 10.0. The summed E-state index contributed by atoms with van der Waals surface area (Å²) in [6, 6.07) is 3.92. The number of carboxylic acids is 1. The second-order valence-electron chi connectivity index (χ2n) is 6.09. The molecule has 3 rings (SSSR count). The number of hydrogen-bond donors (Lipinski definition) is 1. The van der Waals surface area contributed by atoms with Gasteiger partial charge in [-0.3, -0.25) is 4.79 Å². The van der Waals surface area contributed by atoms with Gasteiger partial charge in [0, 0.05) is 5.41 Å². The van der Waals surface area contributed by atoms with Crippen LogP contribution >= 0.6 is 15.9 Å². The Kier molecular flexibility index (Phi) is 3.86. The lowest BCUT2D eigenvalue weighted by Gasteiger charge is -2.18. The van der Waals surface area contributed by atoms with E-state index in [4.69, 9.17) is 14.6 Å². The van der Waals surface area contributed by atoms with Crippen LogP contribution in [-0.4, -0.2) is 24.8 Å². The second-order valence-corrected chi connectivity index (χ2v) is 6.95. The Morgan fingerprint density at radius 3 is 2.67 bits per heavy atom. The summed E-state index contributed by atoms with van der Waals surface area (Å²) in [5.74, 6) is 1.32. The molecule has 0 spiro atoms. The molecular weight excluding hydrogens is 336 g/mol. The van der Waals surface area contributed by atoms with Crippen molar-refractivity contribution in [3.8, 4) is 11.5 Å². The van der Waals surface area contributed by atoms with Gasteiger partial charge in [0.05, 0.1) is 24.6 Å². The van der Waals surface area contributed by atoms with Crippen LogP contribution in [0.25, 0.3) is 0 Å². The molecule has 2 aliphatic rings. The van der Waals surface area contributed by atoms with Crippen LogP contribution in [0.4, 0.5) is 0 Å². The standard InChI is InChI=1S/C16H19BrO4/c1-20-13-7-11(16(4-5-16)8-14(18)19)6-12(17)15(13)21-9-10-2-3-10/h6-7,10H,2-5,8-9H2,1H3,(H,18,19). The van der Waals surface area contributed by atoms with Crippen molar-refractivity contribution >= 4 is 21.9 Å². The summed E-state index contributed by atoms with van der Waals surface area (Å²) in [5.41, 5.74) is 0.795. The molecule has 4 nitrogen and oxygen atoms in total. The maximum absolute atomic E-state index is 11.1. The summed E-state index contributed by atoms with van der Waals surface area (Å²) in [6.45, 7) is 0.717. The monoisotopic (exact) mass is 354 g/mol. The minimum atomic E-state index is -0.753. The third-order valence-electron chi connectivity index (χ3n) is 4.35. The van der Waals surface area contributed by atoms with E-state index in [9.17, 15) is 4.79 Å². The molecule has 1 aromatic carbocycles. The molecule has 114 valence electrons. The lowest BCUT2D eigenvalue weighted by atomic mass is 9.92. The molecule has 2 saturated carbocycles. The zero-order valence-corrected chi connectivity index (χ0v) is 13.6. The van der Waals surface area contributed by atoms with Crippen LogP contribution in [0.15, 0.2) is 16.6 Å². The molecule has 21 heavy (non-hydrogen) atoms. The molecule has 0 unspecified atom stereocenters. The maximum atomic E-state index is 11.1. The quantitative estimate of drug-likeness (QED) is 0.809. The number of carboxylic acid groups (broad SMARTS) is 1. The Balaban J connectivity index is 1.86. The topological polar surface area (TPSA) is 55.8 Å². The minimum Gasteiger partial charge on any atom is -0.493 e. The van der Waals surface area contributed by atoms with Crippen LogP contribution in [0.2, 0.25) is 0 Å². The maximum Gasteiger partial charge on any atom is 0.304 e. The van der Waals surface area contributed by atoms with Crippen LogP contribution in [0.5, 0.6) is 11.5 Å². The summed E-state index contributed by atoms with van der Waals surface area (Å²) >= 11 is 3.54. The molecule has 0 aliphatic heterocycles. The number of benzene rings is 1. The summed E-state index contributed by atoms with van der Waals surface area (Å²) in [5, 5.41) is 9.09. The summed E-state index contributed by atoms with van der Waals surface area (Å²) < 4.78 is 12.2. The zero-order chi connectivity index (χ0) is 15.0. The van der Waals surface area contributed by atoms with Gasteiger partial charge in [0.2, 0.25) is 0 Å². The van der Waals surface area contributed by atoms with Crippen LogP contribution in [0.3, 0.4) is 0 Å². The van der Waals surface area contributed by atoms with Gasteiger partial charge in [-0.1, -0.05) is 0 Å². The smallest absolute Gasteiger partial charge is 0.304 e. The van der Waals surface area contributed by atoms with Crippen molar-refractivity contribution in [3.05, 3.63) is 22.2 Å². The van der Waals surface area contributed by atoms with Gasteiger partial charge < -0.3 is 14.6 Å². The van der Waals surface area contributed by atoms with Gasteiger partial charge in [0.1, 0.15) is 0 Å². The molecule has 0 aromatic heterocycles. The van der Waals surface area contributed by atoms with Gasteiger partial charge in [0.15, 0.2) is 11.5 Å². The van der Waals surface area contributed by atoms with Crippen molar-refractivity contribution in [2.75, 3.05) is 13.7 Å². The van der Waals surface area contributed by atoms with Crippen LogP contribution in [0.1, 0.15) is 37.7 Å². The van der Waals surface area contributed by atoms with Crippen molar-refractivity contribution < 1.29 is 19.4 Å². The van der Waals surface area contributed by atoms with Crippen LogP contribution in [0, 0.1) is 5.92 Å². The highest BCUT2D eigenvalue weighted by atomic mass is 79.9. The number of halogens is 1. The lowest BCUT2D eigenvalue weighted by Crippen LogP contribution is -2.13. The number of aliphatic carboxylic acids is 1. The van der Waals surface area contributed by atoms with E-state index in [0.717, 1.165) is 28.6 Å². The van der Waals surface area contributed by atoms with E-state index in [-0.39, 0.29) is 11.8 Å². The van der Waals surface area contributed by atoms with Crippen molar-refractivity contribution in [1.82, 2.24) is 0 Å². The number of rotatable bonds is 7. The summed E-state index contributed by atoms with van der Waals surface area (Å²) in [6.07, 6.45) is 4.47. The Morgan fingerprint density at radius 1 is 1.43 bits per heavy atom. The van der Waals surface area contributed by atoms with Gasteiger partial charge in [-0.25, -0.2) is 0 Å². The average Bonchev–Trinajstić information content (AvgIpc) is 3.31. The van der Waals surface area contributed by atoms with E-state index in [2.05, 4.69) is 15.9 Å². The fraction of sp³-hybridized carbons (Fsp3) is 0.562. The lowest BCUT2D eigenvalue weighted by molar-refractivity contribution is -0.137. The molecule has 1 N–H and O–H groups in total. The van der Waals surface area contributed by atoms with Gasteiger partial charge in [-0.2, -0.15) is 0 Å². The van der Waals surface area contributed by atoms with Crippen LogP contribution < -0.4 is 9.47 Å². The van der Waals surface area contributed by atoms with Crippen molar-refractivity contribution in [1.29, 1.82) is 0 Å². The van der Waals surface area contributed by atoms with E-state index >= 15 is 0 Å². The van der Waals surface area contributed by atoms with E-state index < -0.39 is 5.97 Å². The predicted octanol–water partition coefficient (Wildman–Crippen LogP) is 3.75. The molecule has 0 atom stereocenters. The number of hydrogen-bond acceptors (Lipinski definition) is 3. The number of methoxy groups -OCH3 is 1. The molecular formula is C16H19BrO4. The summed E-state index contributed by atoms with van der Waals surface area (Å²) in [4.78, 5) is 11.1.